The monoisotopic (exact) mass is 211 g/mol. The predicted octanol–water partition coefficient (Wildman–Crippen LogP) is 1.73. The number of hydrogen-bond acceptors (Lipinski definition) is 2. The summed E-state index contributed by atoms with van der Waals surface area (Å²) in [6, 6.07) is 0. The van der Waals surface area contributed by atoms with Gasteiger partial charge < -0.3 is 10.4 Å². The van der Waals surface area contributed by atoms with Crippen molar-refractivity contribution in [2.24, 2.45) is 22.7 Å². The summed E-state index contributed by atoms with van der Waals surface area (Å²) in [5.41, 5.74) is 0.366. The van der Waals surface area contributed by atoms with E-state index >= 15 is 0 Å². The Morgan fingerprint density at radius 1 is 1.53 bits per heavy atom. The molecule has 15 heavy (non-hydrogen) atoms. The molecule has 3 atom stereocenters. The first-order chi connectivity index (χ1) is 6.94. The second kappa shape index (κ2) is 3.21. The van der Waals surface area contributed by atoms with Crippen LogP contribution in [0.3, 0.4) is 0 Å². The molecule has 0 aromatic heterocycles. The third-order valence-electron chi connectivity index (χ3n) is 4.66. The molecule has 86 valence electrons. The van der Waals surface area contributed by atoms with E-state index in [0.717, 1.165) is 13.0 Å². The summed E-state index contributed by atoms with van der Waals surface area (Å²) in [4.78, 5) is 11.3. The maximum Gasteiger partial charge on any atom is 0.308 e. The van der Waals surface area contributed by atoms with Crippen LogP contribution in [0.5, 0.6) is 0 Å². The van der Waals surface area contributed by atoms with Crippen LogP contribution in [-0.4, -0.2) is 24.2 Å². The lowest BCUT2D eigenvalue weighted by Gasteiger charge is -2.33. The number of carbonyl (C=O) groups is 1. The fourth-order valence-electron chi connectivity index (χ4n) is 3.54. The molecule has 0 radical (unpaired) electrons. The number of hydrogen-bond donors (Lipinski definition) is 2. The summed E-state index contributed by atoms with van der Waals surface area (Å²) in [6.45, 7) is 8.18. The van der Waals surface area contributed by atoms with Crippen LogP contribution in [-0.2, 0) is 4.79 Å². The molecule has 3 heteroatoms. The average molecular weight is 211 g/mol. The van der Waals surface area contributed by atoms with Gasteiger partial charge in [0.1, 0.15) is 0 Å². The largest absolute Gasteiger partial charge is 0.481 e. The molecule has 1 saturated carbocycles. The number of carboxylic acids is 1. The molecule has 1 aliphatic heterocycles. The normalized spacial score (nSPS) is 42.9. The Hall–Kier alpha value is -0.570. The fraction of sp³-hybridized carbons (Fsp3) is 0.917. The summed E-state index contributed by atoms with van der Waals surface area (Å²) < 4.78 is 0. The highest BCUT2D eigenvalue weighted by Crippen LogP contribution is 2.64. The lowest BCUT2D eigenvalue weighted by molar-refractivity contribution is -0.145. The van der Waals surface area contributed by atoms with Crippen LogP contribution in [0.2, 0.25) is 0 Å². The smallest absolute Gasteiger partial charge is 0.308 e. The Labute approximate surface area is 91.2 Å². The Bertz CT molecular complexity index is 287. The number of rotatable bonds is 3. The van der Waals surface area contributed by atoms with Gasteiger partial charge in [0.2, 0.25) is 0 Å². The van der Waals surface area contributed by atoms with Gasteiger partial charge >= 0.3 is 5.97 Å². The molecular formula is C12H21NO2. The van der Waals surface area contributed by atoms with Gasteiger partial charge in [-0.15, -0.1) is 0 Å². The van der Waals surface area contributed by atoms with Gasteiger partial charge in [0.25, 0.3) is 0 Å². The van der Waals surface area contributed by atoms with Gasteiger partial charge in [-0.3, -0.25) is 4.79 Å². The van der Waals surface area contributed by atoms with Gasteiger partial charge in [0.05, 0.1) is 5.92 Å². The van der Waals surface area contributed by atoms with Gasteiger partial charge in [-0.05, 0) is 24.2 Å². The van der Waals surface area contributed by atoms with E-state index in [0.29, 0.717) is 17.9 Å². The third kappa shape index (κ3) is 1.48. The molecular weight excluding hydrogens is 190 g/mol. The molecule has 0 spiro atoms. The summed E-state index contributed by atoms with van der Waals surface area (Å²) in [5, 5.41) is 12.6. The topological polar surface area (TPSA) is 49.3 Å². The Morgan fingerprint density at radius 2 is 2.13 bits per heavy atom. The van der Waals surface area contributed by atoms with E-state index in [9.17, 15) is 9.90 Å². The zero-order valence-corrected chi connectivity index (χ0v) is 9.84. The lowest BCUT2D eigenvalue weighted by Crippen LogP contribution is -2.37. The highest BCUT2D eigenvalue weighted by atomic mass is 16.4. The van der Waals surface area contributed by atoms with E-state index in [-0.39, 0.29) is 11.3 Å². The third-order valence-corrected chi connectivity index (χ3v) is 4.66. The highest BCUT2D eigenvalue weighted by Gasteiger charge is 2.62. The number of nitrogens with one attached hydrogen (secondary N) is 1. The summed E-state index contributed by atoms with van der Waals surface area (Å²) >= 11 is 0. The van der Waals surface area contributed by atoms with Crippen molar-refractivity contribution in [3.05, 3.63) is 0 Å². The SMILES string of the molecule is CCC1(C2CC2(C)C)CNCC1C(=O)O. The molecule has 3 nitrogen and oxygen atoms in total. The average Bonchev–Trinajstić information content (AvgIpc) is 2.66. The van der Waals surface area contributed by atoms with E-state index in [1.165, 1.54) is 6.42 Å². The Balaban J connectivity index is 2.25. The minimum Gasteiger partial charge on any atom is -0.481 e. The van der Waals surface area contributed by atoms with Crippen LogP contribution < -0.4 is 5.32 Å². The first-order valence-electron chi connectivity index (χ1n) is 5.87. The lowest BCUT2D eigenvalue weighted by atomic mass is 9.70. The zero-order chi connectivity index (χ0) is 11.3. The van der Waals surface area contributed by atoms with Gasteiger partial charge in [0, 0.05) is 18.5 Å². The molecule has 0 aromatic rings. The maximum atomic E-state index is 11.3. The minimum absolute atomic E-state index is 0.00926. The van der Waals surface area contributed by atoms with Gasteiger partial charge in [-0.25, -0.2) is 0 Å². The van der Waals surface area contributed by atoms with E-state index in [4.69, 9.17) is 0 Å². The minimum atomic E-state index is -0.621. The van der Waals surface area contributed by atoms with Crippen molar-refractivity contribution in [3.8, 4) is 0 Å². The van der Waals surface area contributed by atoms with Crippen LogP contribution in [0, 0.1) is 22.7 Å². The van der Waals surface area contributed by atoms with Crippen LogP contribution in [0.1, 0.15) is 33.6 Å². The summed E-state index contributed by atoms with van der Waals surface area (Å²) in [7, 11) is 0. The maximum absolute atomic E-state index is 11.3. The summed E-state index contributed by atoms with van der Waals surface area (Å²) in [6.07, 6.45) is 2.16. The first-order valence-corrected chi connectivity index (χ1v) is 5.87. The van der Waals surface area contributed by atoms with E-state index < -0.39 is 5.97 Å². The molecule has 1 heterocycles. The molecule has 2 fully saturated rings. The molecule has 3 unspecified atom stereocenters. The van der Waals surface area contributed by atoms with E-state index in [2.05, 4.69) is 26.1 Å². The van der Waals surface area contributed by atoms with Crippen LogP contribution >= 0.6 is 0 Å². The van der Waals surface area contributed by atoms with Crippen LogP contribution in [0.4, 0.5) is 0 Å². The quantitative estimate of drug-likeness (QED) is 0.747. The van der Waals surface area contributed by atoms with E-state index in [1.54, 1.807) is 0 Å². The molecule has 2 N–H and O–H groups in total. The standard InChI is InChI=1S/C12H21NO2/c1-4-12(9-5-11(9,2)3)7-13-6-8(12)10(14)15/h8-9,13H,4-7H2,1-3H3,(H,14,15). The second-order valence-electron chi connectivity index (χ2n) is 5.85. The molecule has 0 aromatic carbocycles. The van der Waals surface area contributed by atoms with Crippen molar-refractivity contribution < 1.29 is 9.90 Å². The van der Waals surface area contributed by atoms with Crippen LogP contribution in [0.15, 0.2) is 0 Å². The molecule has 2 rings (SSSR count). The molecule has 0 amide bonds. The molecule has 1 aliphatic carbocycles. The van der Waals surface area contributed by atoms with E-state index in [1.807, 2.05) is 0 Å². The Kier molecular flexibility index (Phi) is 2.34. The zero-order valence-electron chi connectivity index (χ0n) is 9.84. The van der Waals surface area contributed by atoms with Gasteiger partial charge in [-0.2, -0.15) is 0 Å². The number of aliphatic carboxylic acids is 1. The fourth-order valence-corrected chi connectivity index (χ4v) is 3.54. The van der Waals surface area contributed by atoms with Crippen molar-refractivity contribution >= 4 is 5.97 Å². The van der Waals surface area contributed by atoms with Crippen molar-refractivity contribution in [2.45, 2.75) is 33.6 Å². The predicted molar refractivity (Wildman–Crippen MR) is 58.6 cm³/mol. The number of carboxylic acid groups (broad SMARTS) is 1. The van der Waals surface area contributed by atoms with Crippen molar-refractivity contribution in [1.82, 2.24) is 5.32 Å². The summed E-state index contributed by atoms with van der Waals surface area (Å²) in [5.74, 6) is -0.218. The van der Waals surface area contributed by atoms with Crippen LogP contribution in [0.25, 0.3) is 0 Å². The van der Waals surface area contributed by atoms with Crippen molar-refractivity contribution in [3.63, 3.8) is 0 Å². The molecule has 2 aliphatic rings. The second-order valence-corrected chi connectivity index (χ2v) is 5.85. The highest BCUT2D eigenvalue weighted by molar-refractivity contribution is 5.72. The molecule has 1 saturated heterocycles. The van der Waals surface area contributed by atoms with Crippen molar-refractivity contribution in [1.29, 1.82) is 0 Å². The first kappa shape index (κ1) is 10.9. The van der Waals surface area contributed by atoms with Gasteiger partial charge in [0.15, 0.2) is 0 Å². The van der Waals surface area contributed by atoms with Crippen molar-refractivity contribution in [2.75, 3.05) is 13.1 Å². The molecule has 0 bridgehead atoms. The Morgan fingerprint density at radius 3 is 2.53 bits per heavy atom. The van der Waals surface area contributed by atoms with Gasteiger partial charge in [-0.1, -0.05) is 20.8 Å².